The molecule has 0 aliphatic heterocycles. The lowest BCUT2D eigenvalue weighted by atomic mass is 10.2. The van der Waals surface area contributed by atoms with E-state index in [0.29, 0.717) is 0 Å². The first-order chi connectivity index (χ1) is 9.72. The van der Waals surface area contributed by atoms with E-state index in [1.807, 2.05) is 29.9 Å². The molecule has 5 heteroatoms. The highest BCUT2D eigenvalue weighted by Crippen LogP contribution is 2.16. The number of nitrogens with zero attached hydrogens (tertiary/aromatic N) is 4. The summed E-state index contributed by atoms with van der Waals surface area (Å²) in [6.45, 7) is 4.95. The van der Waals surface area contributed by atoms with Gasteiger partial charge in [-0.2, -0.15) is 10.2 Å². The van der Waals surface area contributed by atoms with Crippen molar-refractivity contribution in [1.82, 2.24) is 25.0 Å². The maximum Gasteiger partial charge on any atom is 0.0939 e. The van der Waals surface area contributed by atoms with Crippen molar-refractivity contribution < 1.29 is 0 Å². The monoisotopic (exact) mass is 267 g/mol. The van der Waals surface area contributed by atoms with Crippen LogP contribution in [0.2, 0.25) is 0 Å². The summed E-state index contributed by atoms with van der Waals surface area (Å²) in [5, 5.41) is 11.9. The van der Waals surface area contributed by atoms with E-state index in [1.54, 1.807) is 6.20 Å². The Morgan fingerprint density at radius 1 is 1.25 bits per heavy atom. The first-order valence-corrected chi connectivity index (χ1v) is 6.68. The topological polar surface area (TPSA) is 59.4 Å². The molecule has 0 atom stereocenters. The van der Waals surface area contributed by atoms with Crippen LogP contribution < -0.4 is 0 Å². The molecule has 0 bridgehead atoms. The molecule has 102 valence electrons. The Bertz CT molecular complexity index is 696. The molecule has 0 unspecified atom stereocenters. The van der Waals surface area contributed by atoms with Crippen LogP contribution in [-0.4, -0.2) is 25.0 Å². The second-order valence-corrected chi connectivity index (χ2v) is 4.92. The molecule has 3 aromatic heterocycles. The summed E-state index contributed by atoms with van der Waals surface area (Å²) < 4.78 is 2.03. The number of H-pyrrole nitrogens is 1. The predicted octanol–water partition coefficient (Wildman–Crippen LogP) is 2.53. The van der Waals surface area contributed by atoms with Crippen LogP contribution in [-0.2, 0) is 13.0 Å². The van der Waals surface area contributed by atoms with Gasteiger partial charge in [0.2, 0.25) is 0 Å². The van der Waals surface area contributed by atoms with Crippen molar-refractivity contribution in [3.8, 4) is 11.3 Å². The van der Waals surface area contributed by atoms with E-state index in [-0.39, 0.29) is 0 Å². The molecule has 0 radical (unpaired) electrons. The van der Waals surface area contributed by atoms with E-state index in [4.69, 9.17) is 0 Å². The molecule has 1 N–H and O–H groups in total. The lowest BCUT2D eigenvalue weighted by Crippen LogP contribution is -2.05. The fourth-order valence-corrected chi connectivity index (χ4v) is 2.28. The Morgan fingerprint density at radius 2 is 2.15 bits per heavy atom. The van der Waals surface area contributed by atoms with Crippen LogP contribution in [0.5, 0.6) is 0 Å². The molecular weight excluding hydrogens is 250 g/mol. The van der Waals surface area contributed by atoms with Gasteiger partial charge in [-0.15, -0.1) is 0 Å². The number of aromatic nitrogens is 5. The van der Waals surface area contributed by atoms with Gasteiger partial charge in [0.05, 0.1) is 11.4 Å². The lowest BCUT2D eigenvalue weighted by molar-refractivity contribution is 0.588. The fourth-order valence-electron chi connectivity index (χ4n) is 2.28. The number of aromatic amines is 1. The normalized spacial score (nSPS) is 10.9. The molecule has 3 heterocycles. The van der Waals surface area contributed by atoms with Gasteiger partial charge in [0.1, 0.15) is 0 Å². The Morgan fingerprint density at radius 3 is 2.85 bits per heavy atom. The molecular formula is C15H17N5. The van der Waals surface area contributed by atoms with Gasteiger partial charge < -0.3 is 0 Å². The molecule has 3 rings (SSSR count). The van der Waals surface area contributed by atoms with Crippen molar-refractivity contribution in [3.05, 3.63) is 53.7 Å². The third-order valence-corrected chi connectivity index (χ3v) is 3.28. The highest BCUT2D eigenvalue weighted by Gasteiger charge is 2.05. The van der Waals surface area contributed by atoms with Crippen LogP contribution >= 0.6 is 0 Å². The maximum atomic E-state index is 4.46. The molecule has 0 spiro atoms. The van der Waals surface area contributed by atoms with E-state index in [0.717, 1.165) is 35.6 Å². The molecule has 0 aliphatic rings. The number of hydrogen-bond donors (Lipinski definition) is 1. The van der Waals surface area contributed by atoms with E-state index in [2.05, 4.69) is 39.3 Å². The van der Waals surface area contributed by atoms with Gasteiger partial charge in [-0.05, 0) is 38.1 Å². The van der Waals surface area contributed by atoms with Crippen LogP contribution in [0.3, 0.4) is 0 Å². The average Bonchev–Trinajstić information content (AvgIpc) is 3.04. The smallest absolute Gasteiger partial charge is 0.0939 e. The summed E-state index contributed by atoms with van der Waals surface area (Å²) in [5.41, 5.74) is 5.32. The van der Waals surface area contributed by atoms with E-state index in [9.17, 15) is 0 Å². The third-order valence-electron chi connectivity index (χ3n) is 3.28. The molecule has 3 aromatic rings. The molecule has 0 aromatic carbocycles. The van der Waals surface area contributed by atoms with Crippen LogP contribution in [0.25, 0.3) is 11.3 Å². The van der Waals surface area contributed by atoms with Gasteiger partial charge in [0.25, 0.3) is 0 Å². The minimum absolute atomic E-state index is 0.856. The van der Waals surface area contributed by atoms with Crippen molar-refractivity contribution in [3.63, 3.8) is 0 Å². The molecule has 0 saturated carbocycles. The van der Waals surface area contributed by atoms with E-state index < -0.39 is 0 Å². The second-order valence-electron chi connectivity index (χ2n) is 4.92. The van der Waals surface area contributed by atoms with Crippen molar-refractivity contribution in [1.29, 1.82) is 0 Å². The van der Waals surface area contributed by atoms with Gasteiger partial charge in [0.15, 0.2) is 0 Å². The van der Waals surface area contributed by atoms with Gasteiger partial charge in [-0.3, -0.25) is 14.8 Å². The van der Waals surface area contributed by atoms with Gasteiger partial charge >= 0.3 is 0 Å². The maximum absolute atomic E-state index is 4.46. The zero-order chi connectivity index (χ0) is 13.9. The highest BCUT2D eigenvalue weighted by molar-refractivity contribution is 5.57. The first-order valence-electron chi connectivity index (χ1n) is 6.68. The van der Waals surface area contributed by atoms with Gasteiger partial charge in [-0.1, -0.05) is 0 Å². The fraction of sp³-hybridized carbons (Fsp3) is 0.267. The molecule has 0 amide bonds. The number of rotatable bonds is 4. The van der Waals surface area contributed by atoms with Gasteiger partial charge in [-0.25, -0.2) is 0 Å². The van der Waals surface area contributed by atoms with Crippen molar-refractivity contribution in [2.45, 2.75) is 26.8 Å². The van der Waals surface area contributed by atoms with Crippen LogP contribution in [0.1, 0.15) is 17.1 Å². The van der Waals surface area contributed by atoms with Crippen LogP contribution in [0, 0.1) is 13.8 Å². The standard InChI is InChI=1S/C15H17N5/c1-11-8-12(2)20(19-11)7-5-14-9-15(18-17-14)13-4-3-6-16-10-13/h3-4,6,8-10H,5,7H2,1-2H3,(H,17,18). The molecule has 5 nitrogen and oxygen atoms in total. The van der Waals surface area contributed by atoms with E-state index >= 15 is 0 Å². The minimum atomic E-state index is 0.856. The summed E-state index contributed by atoms with van der Waals surface area (Å²) in [5.74, 6) is 0. The first kappa shape index (κ1) is 12.6. The molecule has 20 heavy (non-hydrogen) atoms. The molecule has 0 fully saturated rings. The largest absolute Gasteiger partial charge is 0.282 e. The number of aryl methyl sites for hydroxylation is 4. The Hall–Kier alpha value is -2.43. The van der Waals surface area contributed by atoms with Crippen molar-refractivity contribution >= 4 is 0 Å². The van der Waals surface area contributed by atoms with Gasteiger partial charge in [0, 0.05) is 42.3 Å². The van der Waals surface area contributed by atoms with Crippen molar-refractivity contribution in [2.75, 3.05) is 0 Å². The number of nitrogens with one attached hydrogen (secondary N) is 1. The summed E-state index contributed by atoms with van der Waals surface area (Å²) in [6, 6.07) is 8.09. The number of pyridine rings is 1. The minimum Gasteiger partial charge on any atom is -0.282 e. The summed E-state index contributed by atoms with van der Waals surface area (Å²) >= 11 is 0. The Labute approximate surface area is 117 Å². The summed E-state index contributed by atoms with van der Waals surface area (Å²) in [7, 11) is 0. The second kappa shape index (κ2) is 5.28. The third kappa shape index (κ3) is 2.61. The lowest BCUT2D eigenvalue weighted by Gasteiger charge is -2.02. The SMILES string of the molecule is Cc1cc(C)n(CCc2cc(-c3cccnc3)n[nH]2)n1. The summed E-state index contributed by atoms with van der Waals surface area (Å²) in [4.78, 5) is 4.11. The quantitative estimate of drug-likeness (QED) is 0.790. The Balaban J connectivity index is 1.70. The average molecular weight is 267 g/mol. The van der Waals surface area contributed by atoms with Crippen molar-refractivity contribution in [2.24, 2.45) is 0 Å². The van der Waals surface area contributed by atoms with Crippen LogP contribution in [0.15, 0.2) is 36.7 Å². The van der Waals surface area contributed by atoms with E-state index in [1.165, 1.54) is 5.69 Å². The zero-order valence-corrected chi connectivity index (χ0v) is 11.7. The predicted molar refractivity (Wildman–Crippen MR) is 77.2 cm³/mol. The zero-order valence-electron chi connectivity index (χ0n) is 11.7. The Kier molecular flexibility index (Phi) is 3.33. The molecule has 0 saturated heterocycles. The highest BCUT2D eigenvalue weighted by atomic mass is 15.3. The number of hydrogen-bond acceptors (Lipinski definition) is 3. The van der Waals surface area contributed by atoms with Crippen LogP contribution in [0.4, 0.5) is 0 Å². The molecule has 0 aliphatic carbocycles. The summed E-state index contributed by atoms with van der Waals surface area (Å²) in [6.07, 6.45) is 4.47.